The van der Waals surface area contributed by atoms with Crippen LogP contribution >= 0.6 is 11.6 Å². The van der Waals surface area contributed by atoms with E-state index < -0.39 is 48.7 Å². The molecule has 1 heterocycles. The van der Waals surface area contributed by atoms with Gasteiger partial charge in [0.15, 0.2) is 0 Å². The average Bonchev–Trinajstić information content (AvgIpc) is 2.89. The SMILES string of the molecule is CN1CCOc2ccccc2C(=O)N[C@H](C(=O)NCCOc2ccc(Cl)cc2)CC(=O)N[C@@H](CO)C1=O. The summed E-state index contributed by atoms with van der Waals surface area (Å²) in [6.07, 6.45) is -0.466. The van der Waals surface area contributed by atoms with E-state index in [4.69, 9.17) is 21.1 Å². The monoisotopic (exact) mass is 532 g/mol. The van der Waals surface area contributed by atoms with E-state index in [9.17, 15) is 24.3 Å². The second-order valence-electron chi connectivity index (χ2n) is 8.23. The van der Waals surface area contributed by atoms with Crippen LogP contribution in [0.5, 0.6) is 11.5 Å². The summed E-state index contributed by atoms with van der Waals surface area (Å²) >= 11 is 5.85. The summed E-state index contributed by atoms with van der Waals surface area (Å²) in [6.45, 7) is -0.188. The van der Waals surface area contributed by atoms with Gasteiger partial charge < -0.3 is 35.4 Å². The van der Waals surface area contributed by atoms with E-state index in [-0.39, 0.29) is 37.6 Å². The van der Waals surface area contributed by atoms with Crippen LogP contribution in [-0.2, 0) is 14.4 Å². The van der Waals surface area contributed by atoms with Crippen molar-refractivity contribution >= 4 is 35.2 Å². The molecule has 198 valence electrons. The van der Waals surface area contributed by atoms with Crippen molar-refractivity contribution in [2.24, 2.45) is 0 Å². The van der Waals surface area contributed by atoms with Crippen LogP contribution in [0, 0.1) is 0 Å². The predicted molar refractivity (Wildman–Crippen MR) is 134 cm³/mol. The smallest absolute Gasteiger partial charge is 0.255 e. The maximum atomic E-state index is 13.0. The molecule has 12 heteroatoms. The molecule has 0 unspecified atom stereocenters. The number of rotatable bonds is 6. The van der Waals surface area contributed by atoms with E-state index in [1.807, 2.05) is 0 Å². The highest BCUT2D eigenvalue weighted by atomic mass is 35.5. The lowest BCUT2D eigenvalue weighted by atomic mass is 10.1. The lowest BCUT2D eigenvalue weighted by Gasteiger charge is -2.25. The number of ether oxygens (including phenoxy) is 2. The van der Waals surface area contributed by atoms with E-state index in [0.29, 0.717) is 10.8 Å². The van der Waals surface area contributed by atoms with Gasteiger partial charge in [-0.25, -0.2) is 0 Å². The number of aliphatic hydroxyl groups is 1. The molecule has 3 rings (SSSR count). The maximum Gasteiger partial charge on any atom is 0.255 e. The first-order chi connectivity index (χ1) is 17.8. The number of para-hydroxylation sites is 1. The maximum absolute atomic E-state index is 13.0. The van der Waals surface area contributed by atoms with Crippen LogP contribution < -0.4 is 25.4 Å². The summed E-state index contributed by atoms with van der Waals surface area (Å²) in [5.41, 5.74) is 0.172. The Morgan fingerprint density at radius 2 is 1.89 bits per heavy atom. The number of amides is 4. The molecular weight excluding hydrogens is 504 g/mol. The van der Waals surface area contributed by atoms with Gasteiger partial charge in [0.25, 0.3) is 5.91 Å². The summed E-state index contributed by atoms with van der Waals surface area (Å²) in [5, 5.41) is 17.8. The molecule has 11 nitrogen and oxygen atoms in total. The molecular formula is C25H29ClN4O7. The standard InChI is InChI=1S/C25H29ClN4O7/c1-30-11-13-37-21-5-3-2-4-18(21)23(33)29-19(14-22(32)28-20(15-31)25(30)35)24(34)27-10-12-36-17-8-6-16(26)7-9-17/h2-9,19-20,31H,10-15H2,1H3,(H,27,34)(H,28,32)(H,29,33)/t19-,20-/m0/s1. The van der Waals surface area contributed by atoms with E-state index in [2.05, 4.69) is 16.0 Å². The van der Waals surface area contributed by atoms with E-state index in [1.165, 1.54) is 18.0 Å². The number of hydrogen-bond donors (Lipinski definition) is 4. The number of halogens is 1. The highest BCUT2D eigenvalue weighted by molar-refractivity contribution is 6.30. The van der Waals surface area contributed by atoms with Crippen LogP contribution in [0.3, 0.4) is 0 Å². The molecule has 37 heavy (non-hydrogen) atoms. The highest BCUT2D eigenvalue weighted by Crippen LogP contribution is 2.19. The number of aliphatic hydroxyl groups excluding tert-OH is 1. The third kappa shape index (κ3) is 8.09. The topological polar surface area (TPSA) is 146 Å². The second kappa shape index (κ2) is 13.5. The fourth-order valence-corrected chi connectivity index (χ4v) is 3.64. The second-order valence-corrected chi connectivity index (χ2v) is 8.67. The van der Waals surface area contributed by atoms with Crippen LogP contribution in [0.1, 0.15) is 16.8 Å². The predicted octanol–water partition coefficient (Wildman–Crippen LogP) is 0.352. The van der Waals surface area contributed by atoms with Crippen molar-refractivity contribution < 1.29 is 33.8 Å². The van der Waals surface area contributed by atoms with Gasteiger partial charge in [0.1, 0.15) is 36.8 Å². The zero-order chi connectivity index (χ0) is 26.8. The number of benzene rings is 2. The van der Waals surface area contributed by atoms with Crippen LogP contribution in [-0.4, -0.2) is 85.7 Å². The fraction of sp³-hybridized carbons (Fsp3) is 0.360. The van der Waals surface area contributed by atoms with Crippen LogP contribution in [0.25, 0.3) is 0 Å². The third-order valence-corrected chi connectivity index (χ3v) is 5.76. The van der Waals surface area contributed by atoms with E-state index in [1.54, 1.807) is 42.5 Å². The van der Waals surface area contributed by atoms with Crippen molar-refractivity contribution in [3.05, 3.63) is 59.1 Å². The fourth-order valence-electron chi connectivity index (χ4n) is 3.52. The van der Waals surface area contributed by atoms with Gasteiger partial charge >= 0.3 is 0 Å². The Hall–Kier alpha value is -3.83. The molecule has 0 aliphatic carbocycles. The first-order valence-electron chi connectivity index (χ1n) is 11.6. The van der Waals surface area contributed by atoms with Crippen molar-refractivity contribution in [2.45, 2.75) is 18.5 Å². The molecule has 0 saturated heterocycles. The Morgan fingerprint density at radius 1 is 1.16 bits per heavy atom. The van der Waals surface area contributed by atoms with Crippen LogP contribution in [0.4, 0.5) is 0 Å². The highest BCUT2D eigenvalue weighted by Gasteiger charge is 2.29. The normalized spacial score (nSPS) is 19.0. The van der Waals surface area contributed by atoms with Gasteiger partial charge in [-0.15, -0.1) is 0 Å². The van der Waals surface area contributed by atoms with Crippen molar-refractivity contribution in [3.8, 4) is 11.5 Å². The Balaban J connectivity index is 1.73. The molecule has 1 aliphatic heterocycles. The zero-order valence-electron chi connectivity index (χ0n) is 20.2. The molecule has 0 fully saturated rings. The quantitative estimate of drug-likeness (QED) is 0.393. The van der Waals surface area contributed by atoms with Gasteiger partial charge in [0, 0.05) is 12.1 Å². The molecule has 0 bridgehead atoms. The third-order valence-electron chi connectivity index (χ3n) is 5.50. The van der Waals surface area contributed by atoms with Gasteiger partial charge in [-0.3, -0.25) is 19.2 Å². The van der Waals surface area contributed by atoms with Crippen LogP contribution in [0.2, 0.25) is 5.02 Å². The summed E-state index contributed by atoms with van der Waals surface area (Å²) < 4.78 is 11.3. The van der Waals surface area contributed by atoms with Gasteiger partial charge in [-0.1, -0.05) is 23.7 Å². The summed E-state index contributed by atoms with van der Waals surface area (Å²) in [5.74, 6) is -1.63. The number of likely N-dealkylation sites (N-methyl/N-ethyl adjacent to an activating group) is 1. The number of fused-ring (bicyclic) bond motifs is 1. The van der Waals surface area contributed by atoms with Crippen LogP contribution in [0.15, 0.2) is 48.5 Å². The molecule has 2 atom stereocenters. The Kier molecular flexibility index (Phi) is 10.1. The first-order valence-corrected chi connectivity index (χ1v) is 12.0. The number of carbonyl (C=O) groups excluding carboxylic acids is 4. The molecule has 0 aromatic heterocycles. The van der Waals surface area contributed by atoms with E-state index >= 15 is 0 Å². The minimum atomic E-state index is -1.27. The number of nitrogens with one attached hydrogen (secondary N) is 3. The number of carbonyl (C=O) groups is 4. The van der Waals surface area contributed by atoms with Gasteiger partial charge in [-0.05, 0) is 36.4 Å². The molecule has 2 aromatic carbocycles. The molecule has 1 aliphatic rings. The van der Waals surface area contributed by atoms with Gasteiger partial charge in [0.05, 0.1) is 31.7 Å². The minimum Gasteiger partial charge on any atom is -0.492 e. The van der Waals surface area contributed by atoms with E-state index in [0.717, 1.165) is 0 Å². The summed E-state index contributed by atoms with van der Waals surface area (Å²) in [6, 6.07) is 10.7. The van der Waals surface area contributed by atoms with Crippen molar-refractivity contribution in [3.63, 3.8) is 0 Å². The lowest BCUT2D eigenvalue weighted by Crippen LogP contribution is -2.54. The van der Waals surface area contributed by atoms with Gasteiger partial charge in [-0.2, -0.15) is 0 Å². The Morgan fingerprint density at radius 3 is 2.62 bits per heavy atom. The number of nitrogens with zero attached hydrogens (tertiary/aromatic N) is 1. The summed E-state index contributed by atoms with van der Waals surface area (Å²) in [7, 11) is 1.51. The van der Waals surface area contributed by atoms with Crippen molar-refractivity contribution in [1.29, 1.82) is 0 Å². The van der Waals surface area contributed by atoms with Crippen molar-refractivity contribution in [1.82, 2.24) is 20.9 Å². The molecule has 2 aromatic rings. The Labute approximate surface area is 219 Å². The minimum absolute atomic E-state index is 0.0656. The Bertz CT molecular complexity index is 1110. The molecule has 0 saturated carbocycles. The van der Waals surface area contributed by atoms with Gasteiger partial charge in [0.2, 0.25) is 17.7 Å². The molecule has 4 N–H and O–H groups in total. The molecule has 0 radical (unpaired) electrons. The molecule has 0 spiro atoms. The average molecular weight is 533 g/mol. The largest absolute Gasteiger partial charge is 0.492 e. The zero-order valence-corrected chi connectivity index (χ0v) is 21.0. The lowest BCUT2D eigenvalue weighted by molar-refractivity contribution is -0.137. The molecule has 4 amide bonds. The summed E-state index contributed by atoms with van der Waals surface area (Å²) in [4.78, 5) is 52.6. The number of hydrogen-bond acceptors (Lipinski definition) is 7. The first kappa shape index (κ1) is 27.8. The van der Waals surface area contributed by atoms with Crippen molar-refractivity contribution in [2.75, 3.05) is 40.0 Å².